The molecule has 2 aliphatic carbocycles. The Balaban J connectivity index is 1.86. The quantitative estimate of drug-likeness (QED) is 0.863. The molecule has 0 aliphatic heterocycles. The number of nitrogen functional groups attached to an aromatic ring is 1. The number of hydrogen-bond donors (Lipinski definition) is 1. The Morgan fingerprint density at radius 1 is 1.11 bits per heavy atom. The fourth-order valence-electron chi connectivity index (χ4n) is 3.38. The molecule has 3 rings (SSSR count). The van der Waals surface area contributed by atoms with Crippen LogP contribution in [0.3, 0.4) is 0 Å². The first-order valence-corrected chi connectivity index (χ1v) is 8.17. The van der Waals surface area contributed by atoms with Crippen molar-refractivity contribution in [3.8, 4) is 0 Å². The van der Waals surface area contributed by atoms with Crippen molar-refractivity contribution in [3.63, 3.8) is 0 Å². The first-order valence-electron chi connectivity index (χ1n) is 8.17. The van der Waals surface area contributed by atoms with Crippen LogP contribution in [-0.4, -0.2) is 9.55 Å². The van der Waals surface area contributed by atoms with Gasteiger partial charge < -0.3 is 10.3 Å². The molecule has 1 aromatic rings. The van der Waals surface area contributed by atoms with Gasteiger partial charge in [0.2, 0.25) is 0 Å². The average Bonchev–Trinajstić information content (AvgIpc) is 3.23. The van der Waals surface area contributed by atoms with E-state index in [2.05, 4.69) is 11.5 Å². The van der Waals surface area contributed by atoms with Gasteiger partial charge in [0.05, 0.1) is 5.69 Å². The molecule has 2 aliphatic rings. The van der Waals surface area contributed by atoms with Crippen LogP contribution in [-0.2, 0) is 6.54 Å². The van der Waals surface area contributed by atoms with E-state index in [1.54, 1.807) is 0 Å². The van der Waals surface area contributed by atoms with Gasteiger partial charge in [-0.2, -0.15) is 0 Å². The van der Waals surface area contributed by atoms with E-state index in [0.717, 1.165) is 12.4 Å². The number of nitrogens with two attached hydrogens (primary N) is 1. The molecule has 0 atom stereocenters. The van der Waals surface area contributed by atoms with Gasteiger partial charge in [0.1, 0.15) is 11.6 Å². The van der Waals surface area contributed by atoms with E-state index in [0.29, 0.717) is 11.8 Å². The summed E-state index contributed by atoms with van der Waals surface area (Å²) in [5, 5.41) is 0. The lowest BCUT2D eigenvalue weighted by molar-refractivity contribution is 0.438. The van der Waals surface area contributed by atoms with E-state index in [1.165, 1.54) is 69.3 Å². The van der Waals surface area contributed by atoms with Crippen LogP contribution in [0.25, 0.3) is 0 Å². The number of aromatic nitrogens is 2. The molecule has 1 aromatic heterocycles. The molecule has 0 spiro atoms. The van der Waals surface area contributed by atoms with Crippen molar-refractivity contribution in [3.05, 3.63) is 11.5 Å². The van der Waals surface area contributed by atoms with Crippen molar-refractivity contribution in [2.45, 2.75) is 83.1 Å². The van der Waals surface area contributed by atoms with Crippen LogP contribution in [0.1, 0.15) is 88.1 Å². The maximum absolute atomic E-state index is 6.44. The number of imidazole rings is 1. The van der Waals surface area contributed by atoms with Crippen molar-refractivity contribution >= 4 is 5.82 Å². The van der Waals surface area contributed by atoms with Crippen LogP contribution < -0.4 is 5.73 Å². The highest BCUT2D eigenvalue weighted by molar-refractivity contribution is 5.42. The summed E-state index contributed by atoms with van der Waals surface area (Å²) in [5.74, 6) is 3.62. The van der Waals surface area contributed by atoms with Gasteiger partial charge in [0.25, 0.3) is 0 Å². The maximum atomic E-state index is 6.44. The van der Waals surface area contributed by atoms with Crippen LogP contribution in [0.5, 0.6) is 0 Å². The van der Waals surface area contributed by atoms with Crippen molar-refractivity contribution in [2.24, 2.45) is 0 Å². The Morgan fingerprint density at radius 3 is 2.47 bits per heavy atom. The predicted octanol–water partition coefficient (Wildman–Crippen LogP) is 4.19. The Labute approximate surface area is 116 Å². The van der Waals surface area contributed by atoms with Crippen molar-refractivity contribution < 1.29 is 0 Å². The highest BCUT2D eigenvalue weighted by Crippen LogP contribution is 2.43. The molecule has 2 fully saturated rings. The van der Waals surface area contributed by atoms with Crippen LogP contribution in [0.4, 0.5) is 5.82 Å². The van der Waals surface area contributed by atoms with Crippen molar-refractivity contribution in [1.82, 2.24) is 9.55 Å². The summed E-state index contributed by atoms with van der Waals surface area (Å²) >= 11 is 0. The van der Waals surface area contributed by atoms with E-state index in [4.69, 9.17) is 10.7 Å². The molecular weight excluding hydrogens is 234 g/mol. The van der Waals surface area contributed by atoms with Crippen LogP contribution in [0.2, 0.25) is 0 Å². The summed E-state index contributed by atoms with van der Waals surface area (Å²) in [5.41, 5.74) is 7.68. The average molecular weight is 261 g/mol. The Bertz CT molecular complexity index is 425. The topological polar surface area (TPSA) is 43.8 Å². The smallest absolute Gasteiger partial charge is 0.127 e. The highest BCUT2D eigenvalue weighted by Gasteiger charge is 2.32. The van der Waals surface area contributed by atoms with Crippen molar-refractivity contribution in [1.29, 1.82) is 0 Å². The largest absolute Gasteiger partial charge is 0.384 e. The zero-order chi connectivity index (χ0) is 13.2. The monoisotopic (exact) mass is 261 g/mol. The van der Waals surface area contributed by atoms with E-state index < -0.39 is 0 Å². The molecule has 2 saturated carbocycles. The second-order valence-corrected chi connectivity index (χ2v) is 6.35. The third-order valence-corrected chi connectivity index (χ3v) is 4.73. The second kappa shape index (κ2) is 5.56. The minimum Gasteiger partial charge on any atom is -0.384 e. The van der Waals surface area contributed by atoms with E-state index >= 15 is 0 Å². The fraction of sp³-hybridized carbons (Fsp3) is 0.812. The lowest BCUT2D eigenvalue weighted by Gasteiger charge is -2.20. The van der Waals surface area contributed by atoms with E-state index in [9.17, 15) is 0 Å². The second-order valence-electron chi connectivity index (χ2n) is 6.35. The number of anilines is 1. The summed E-state index contributed by atoms with van der Waals surface area (Å²) in [6.07, 6.45) is 11.7. The zero-order valence-corrected chi connectivity index (χ0v) is 12.2. The lowest BCUT2D eigenvalue weighted by Crippen LogP contribution is -2.10. The Hall–Kier alpha value is -0.990. The molecule has 19 heavy (non-hydrogen) atoms. The number of unbranched alkanes of at least 4 members (excludes halogenated alkanes) is 1. The molecule has 106 valence electrons. The normalized spacial score (nSPS) is 20.9. The minimum absolute atomic E-state index is 0.633. The summed E-state index contributed by atoms with van der Waals surface area (Å²) in [4.78, 5) is 4.99. The van der Waals surface area contributed by atoms with Crippen molar-refractivity contribution in [2.75, 3.05) is 5.73 Å². The molecule has 0 aromatic carbocycles. The standard InChI is InChI=1S/C16H27N3/c1-2-3-11-19-15(17)14(12-7-5-4-6-8-12)18-16(19)13-9-10-13/h12-13H,2-11,17H2,1H3. The van der Waals surface area contributed by atoms with Gasteiger partial charge in [0, 0.05) is 18.4 Å². The van der Waals surface area contributed by atoms with Gasteiger partial charge >= 0.3 is 0 Å². The molecule has 0 unspecified atom stereocenters. The Morgan fingerprint density at radius 2 is 1.84 bits per heavy atom. The molecule has 3 nitrogen and oxygen atoms in total. The lowest BCUT2D eigenvalue weighted by atomic mass is 9.87. The number of nitrogens with zero attached hydrogens (tertiary/aromatic N) is 2. The first kappa shape index (κ1) is 13.0. The predicted molar refractivity (Wildman–Crippen MR) is 79.3 cm³/mol. The summed E-state index contributed by atoms with van der Waals surface area (Å²) in [6.45, 7) is 3.31. The third kappa shape index (κ3) is 2.65. The van der Waals surface area contributed by atoms with E-state index in [-0.39, 0.29) is 0 Å². The molecule has 1 heterocycles. The molecule has 0 amide bonds. The molecular formula is C16H27N3. The zero-order valence-electron chi connectivity index (χ0n) is 12.2. The van der Waals surface area contributed by atoms with Gasteiger partial charge in [-0.3, -0.25) is 0 Å². The molecule has 3 heteroatoms. The van der Waals surface area contributed by atoms with Gasteiger partial charge in [-0.25, -0.2) is 4.98 Å². The minimum atomic E-state index is 0.633. The van der Waals surface area contributed by atoms with E-state index in [1.807, 2.05) is 0 Å². The first-order chi connectivity index (χ1) is 9.31. The van der Waals surface area contributed by atoms with Gasteiger partial charge in [0.15, 0.2) is 0 Å². The molecule has 0 bridgehead atoms. The molecule has 2 N–H and O–H groups in total. The van der Waals surface area contributed by atoms with Crippen LogP contribution in [0.15, 0.2) is 0 Å². The fourth-order valence-corrected chi connectivity index (χ4v) is 3.38. The maximum Gasteiger partial charge on any atom is 0.127 e. The highest BCUT2D eigenvalue weighted by atomic mass is 15.2. The van der Waals surface area contributed by atoms with Crippen LogP contribution in [0, 0.1) is 0 Å². The number of hydrogen-bond acceptors (Lipinski definition) is 2. The Kier molecular flexibility index (Phi) is 3.81. The molecule has 0 radical (unpaired) electrons. The van der Waals surface area contributed by atoms with Gasteiger partial charge in [-0.15, -0.1) is 0 Å². The summed E-state index contributed by atoms with van der Waals surface area (Å²) in [7, 11) is 0. The SMILES string of the molecule is CCCCn1c(C2CC2)nc(C2CCCCC2)c1N. The van der Waals surface area contributed by atoms with Gasteiger partial charge in [-0.05, 0) is 32.1 Å². The van der Waals surface area contributed by atoms with Crippen LogP contribution >= 0.6 is 0 Å². The third-order valence-electron chi connectivity index (χ3n) is 4.73. The summed E-state index contributed by atoms with van der Waals surface area (Å²) < 4.78 is 2.34. The van der Waals surface area contributed by atoms with Gasteiger partial charge in [-0.1, -0.05) is 32.6 Å². The summed E-state index contributed by atoms with van der Waals surface area (Å²) in [6, 6.07) is 0. The molecule has 0 saturated heterocycles. The number of rotatable bonds is 5.